The summed E-state index contributed by atoms with van der Waals surface area (Å²) in [6.45, 7) is 1.92. The highest BCUT2D eigenvalue weighted by Crippen LogP contribution is 2.43. The van der Waals surface area contributed by atoms with Gasteiger partial charge in [-0.2, -0.15) is 0 Å². The van der Waals surface area contributed by atoms with Crippen LogP contribution in [0.15, 0.2) is 146 Å². The molecule has 0 aromatic carbocycles. The first-order valence-corrected chi connectivity index (χ1v) is 22.4. The van der Waals surface area contributed by atoms with Crippen molar-refractivity contribution < 1.29 is 47.8 Å². The van der Waals surface area contributed by atoms with Crippen molar-refractivity contribution in [2.24, 2.45) is 0 Å². The number of ether oxygens (including phenoxy) is 2. The molecule has 0 aliphatic carbocycles. The van der Waals surface area contributed by atoms with Crippen molar-refractivity contribution in [3.63, 3.8) is 0 Å². The predicted molar refractivity (Wildman–Crippen MR) is 241 cm³/mol. The van der Waals surface area contributed by atoms with Crippen molar-refractivity contribution in [1.82, 2.24) is 0 Å². The average molecular weight is 839 g/mol. The van der Waals surface area contributed by atoms with E-state index in [9.17, 15) is 24.2 Å². The molecule has 0 radical (unpaired) electrons. The van der Waals surface area contributed by atoms with E-state index in [1.54, 1.807) is 0 Å². The van der Waals surface area contributed by atoms with E-state index < -0.39 is 51.8 Å². The third-order valence-electron chi connectivity index (χ3n) is 7.62. The van der Waals surface area contributed by atoms with Crippen LogP contribution in [0.4, 0.5) is 0 Å². The number of aliphatic hydroxyl groups is 2. The number of unbranched alkanes of at least 4 members (excludes halogenated alkanes) is 2. The third-order valence-corrected chi connectivity index (χ3v) is 8.57. The topological polar surface area (TPSA) is 149 Å². The minimum Gasteiger partial charge on any atom is -0.462 e. The lowest BCUT2D eigenvalue weighted by atomic mass is 10.2. The molecule has 0 aromatic rings. The van der Waals surface area contributed by atoms with Gasteiger partial charge in [-0.25, -0.2) is 4.57 Å². The first-order valence-electron chi connectivity index (χ1n) is 20.9. The molecule has 0 amide bonds. The summed E-state index contributed by atoms with van der Waals surface area (Å²) in [4.78, 5) is 34.9. The minimum atomic E-state index is -4.66. The number of hydrogen-bond donors (Lipinski definition) is 3. The number of carbonyl (C=O) groups excluding carboxylic acids is 2. The average Bonchev–Trinajstić information content (AvgIpc) is 3.22. The molecular weight excluding hydrogens is 767 g/mol. The zero-order valence-electron chi connectivity index (χ0n) is 35.4. The largest absolute Gasteiger partial charge is 0.472 e. The van der Waals surface area contributed by atoms with E-state index in [0.717, 1.165) is 51.4 Å². The summed E-state index contributed by atoms with van der Waals surface area (Å²) in [6.07, 6.45) is 57.0. The molecule has 10 nitrogen and oxygen atoms in total. The zero-order valence-corrected chi connectivity index (χ0v) is 36.3. The highest BCUT2D eigenvalue weighted by molar-refractivity contribution is 7.47. The molecule has 328 valence electrons. The van der Waals surface area contributed by atoms with Crippen molar-refractivity contribution in [2.75, 3.05) is 26.4 Å². The molecule has 59 heavy (non-hydrogen) atoms. The molecule has 0 spiro atoms. The molecule has 0 fully saturated rings. The number of carbonyl (C=O) groups is 2. The molecule has 0 bridgehead atoms. The molecular formula is C48H71O10P. The van der Waals surface area contributed by atoms with Crippen LogP contribution < -0.4 is 0 Å². The van der Waals surface area contributed by atoms with E-state index in [1.165, 1.54) is 0 Å². The van der Waals surface area contributed by atoms with Crippen LogP contribution in [-0.4, -0.2) is 65.7 Å². The lowest BCUT2D eigenvalue weighted by molar-refractivity contribution is -0.161. The Bertz CT molecular complexity index is 1480. The van der Waals surface area contributed by atoms with Gasteiger partial charge in [0.05, 0.1) is 19.8 Å². The molecule has 0 aliphatic rings. The number of esters is 2. The van der Waals surface area contributed by atoms with E-state index in [2.05, 4.69) is 97.4 Å². The summed E-state index contributed by atoms with van der Waals surface area (Å²) >= 11 is 0. The number of phosphoric ester groups is 1. The number of phosphoric acid groups is 1. The minimum absolute atomic E-state index is 0.0648. The zero-order chi connectivity index (χ0) is 43.3. The molecule has 0 aromatic heterocycles. The van der Waals surface area contributed by atoms with E-state index >= 15 is 0 Å². The number of rotatable bonds is 36. The molecule has 0 aliphatic heterocycles. The molecule has 3 atom stereocenters. The van der Waals surface area contributed by atoms with E-state index in [-0.39, 0.29) is 19.4 Å². The Balaban J connectivity index is 4.51. The van der Waals surface area contributed by atoms with Crippen molar-refractivity contribution in [1.29, 1.82) is 0 Å². The fourth-order valence-electron chi connectivity index (χ4n) is 4.48. The molecule has 0 saturated heterocycles. The Morgan fingerprint density at radius 1 is 0.525 bits per heavy atom. The number of aliphatic hydroxyl groups excluding tert-OH is 2. The van der Waals surface area contributed by atoms with Crippen LogP contribution in [0.2, 0.25) is 0 Å². The van der Waals surface area contributed by atoms with E-state index in [1.807, 2.05) is 66.8 Å². The highest BCUT2D eigenvalue weighted by Gasteiger charge is 2.27. The van der Waals surface area contributed by atoms with Gasteiger partial charge in [-0.15, -0.1) is 0 Å². The molecule has 2 unspecified atom stereocenters. The summed E-state index contributed by atoms with van der Waals surface area (Å²) in [6, 6.07) is 0. The van der Waals surface area contributed by atoms with E-state index in [4.69, 9.17) is 19.1 Å². The van der Waals surface area contributed by atoms with Gasteiger partial charge >= 0.3 is 19.8 Å². The van der Waals surface area contributed by atoms with E-state index in [0.29, 0.717) is 25.7 Å². The second kappa shape index (κ2) is 42.0. The molecule has 0 saturated carbocycles. The van der Waals surface area contributed by atoms with Crippen LogP contribution >= 0.6 is 7.82 Å². The second-order valence-electron chi connectivity index (χ2n) is 13.0. The quantitative estimate of drug-likeness (QED) is 0.0183. The van der Waals surface area contributed by atoms with Gasteiger partial charge in [-0.3, -0.25) is 18.6 Å². The maximum Gasteiger partial charge on any atom is 0.472 e. The fourth-order valence-corrected chi connectivity index (χ4v) is 5.27. The lowest BCUT2D eigenvalue weighted by Crippen LogP contribution is -2.29. The maximum absolute atomic E-state index is 12.5. The van der Waals surface area contributed by atoms with Crippen molar-refractivity contribution in [2.45, 2.75) is 116 Å². The van der Waals surface area contributed by atoms with Crippen LogP contribution in [0.1, 0.15) is 104 Å². The summed E-state index contributed by atoms with van der Waals surface area (Å²) in [5.74, 6) is -1.10. The van der Waals surface area contributed by atoms with Crippen molar-refractivity contribution in [3.8, 4) is 0 Å². The Hall–Kier alpha value is -4.15. The van der Waals surface area contributed by atoms with Crippen LogP contribution in [0.5, 0.6) is 0 Å². The van der Waals surface area contributed by atoms with Crippen LogP contribution in [0.25, 0.3) is 0 Å². The molecule has 0 rings (SSSR count). The maximum atomic E-state index is 12.5. The first-order chi connectivity index (χ1) is 28.7. The summed E-state index contributed by atoms with van der Waals surface area (Å²) < 4.78 is 32.5. The third kappa shape index (κ3) is 41.8. The lowest BCUT2D eigenvalue weighted by Gasteiger charge is -2.20. The summed E-state index contributed by atoms with van der Waals surface area (Å²) in [7, 11) is -4.66. The standard InChI is InChI=1S/C48H71O10P/c1-3-5-7-9-11-13-15-17-18-19-20-21-22-23-24-25-26-28-29-31-33-35-37-39-47(51)55-43-46(44-57-59(53,54)56-42-45(50)41-49)58-48(52)40-38-36-34-32-30-27-16-14-12-10-8-6-4-2/h5-8,10-14,16-18,20-21,23-24,26-28,30-34,45-46,49-50H,3-4,9,15,19,22,25,29,35-44H2,1-2H3,(H,53,54)/b7-5+,8-6+,12-10+,13-11+,16-14+,18-17+,21-20+,24-23+,28-26+,30-27+,33-31+,34-32+/t45-,46?/m1/s1. The summed E-state index contributed by atoms with van der Waals surface area (Å²) in [5, 5.41) is 18.3. The Morgan fingerprint density at radius 3 is 1.42 bits per heavy atom. The fraction of sp³-hybridized carbons (Fsp3) is 0.458. The Kier molecular flexibility index (Phi) is 39.0. The summed E-state index contributed by atoms with van der Waals surface area (Å²) in [5.41, 5.74) is 0. The van der Waals surface area contributed by atoms with Crippen molar-refractivity contribution in [3.05, 3.63) is 146 Å². The first kappa shape index (κ1) is 54.9. The predicted octanol–water partition coefficient (Wildman–Crippen LogP) is 11.1. The smallest absolute Gasteiger partial charge is 0.462 e. The van der Waals surface area contributed by atoms with Gasteiger partial charge in [0.2, 0.25) is 0 Å². The monoisotopic (exact) mass is 838 g/mol. The number of hydrogen-bond acceptors (Lipinski definition) is 9. The van der Waals surface area contributed by atoms with Gasteiger partial charge in [0.25, 0.3) is 0 Å². The second-order valence-corrected chi connectivity index (χ2v) is 14.5. The Labute approximate surface area is 354 Å². The SMILES string of the molecule is CC/C=C/C=C/C=C/C=C/C=C/CCCC(=O)OC(COC(=O)CCC/C=C/C/C=C/C/C=C/C/C=C/C/C=C/C/C=C/C/C=C/CC)COP(=O)(O)OC[C@H](O)CO. The number of allylic oxidation sites excluding steroid dienone is 24. The molecule has 0 heterocycles. The van der Waals surface area contributed by atoms with Crippen LogP contribution in [0.3, 0.4) is 0 Å². The van der Waals surface area contributed by atoms with Gasteiger partial charge in [0, 0.05) is 12.8 Å². The van der Waals surface area contributed by atoms with Gasteiger partial charge in [0.15, 0.2) is 6.10 Å². The normalized spacial score (nSPS) is 15.3. The van der Waals surface area contributed by atoms with Gasteiger partial charge in [-0.1, -0.05) is 160 Å². The van der Waals surface area contributed by atoms with Gasteiger partial charge in [0.1, 0.15) is 12.7 Å². The van der Waals surface area contributed by atoms with Crippen molar-refractivity contribution >= 4 is 19.8 Å². The van der Waals surface area contributed by atoms with Crippen LogP contribution in [0, 0.1) is 0 Å². The van der Waals surface area contributed by atoms with Gasteiger partial charge < -0.3 is 24.6 Å². The Morgan fingerprint density at radius 2 is 0.932 bits per heavy atom. The highest BCUT2D eigenvalue weighted by atomic mass is 31.2. The molecule has 11 heteroatoms. The molecule has 3 N–H and O–H groups in total. The van der Waals surface area contributed by atoms with Gasteiger partial charge in [-0.05, 0) is 77.0 Å². The van der Waals surface area contributed by atoms with Crippen LogP contribution in [-0.2, 0) is 32.7 Å².